The first kappa shape index (κ1) is 29.0. The Morgan fingerprint density at radius 3 is 1.95 bits per heavy atom. The molecule has 3 rings (SSSR count). The summed E-state index contributed by atoms with van der Waals surface area (Å²) in [7, 11) is 0. The highest BCUT2D eigenvalue weighted by atomic mass is 19.2. The largest absolute Gasteiger partial charge is 0.493 e. The Hall–Kier alpha value is -2.57. The molecule has 37 heavy (non-hydrogen) atoms. The molecule has 1 fully saturated rings. The highest BCUT2D eigenvalue weighted by molar-refractivity contribution is 5.91. The fourth-order valence-corrected chi connectivity index (χ4v) is 4.97. The average Bonchev–Trinajstić information content (AvgIpc) is 2.88. The molecule has 1 saturated carbocycles. The predicted molar refractivity (Wildman–Crippen MR) is 136 cm³/mol. The van der Waals surface area contributed by atoms with Crippen LogP contribution in [-0.4, -0.2) is 12.6 Å². The summed E-state index contributed by atoms with van der Waals surface area (Å²) in [5.74, 6) is -5.75. The van der Waals surface area contributed by atoms with Gasteiger partial charge in [-0.1, -0.05) is 77.6 Å². The average molecular weight is 523 g/mol. The number of hydrogen-bond acceptors (Lipinski definition) is 3. The molecule has 0 N–H and O–H groups in total. The molecule has 0 heterocycles. The van der Waals surface area contributed by atoms with Crippen LogP contribution in [0.25, 0.3) is 0 Å². The van der Waals surface area contributed by atoms with Crippen molar-refractivity contribution in [1.29, 1.82) is 0 Å². The normalized spacial score (nSPS) is 17.5. The Morgan fingerprint density at radius 1 is 0.757 bits per heavy atom. The monoisotopic (exact) mass is 522 g/mol. The second-order valence-corrected chi connectivity index (χ2v) is 10.2. The summed E-state index contributed by atoms with van der Waals surface area (Å²) < 4.78 is 64.8. The highest BCUT2D eigenvalue weighted by Gasteiger charge is 2.22. The molecular formula is C30H38F4O3. The van der Waals surface area contributed by atoms with Crippen LogP contribution in [0.15, 0.2) is 30.3 Å². The minimum atomic E-state index is -1.68. The fraction of sp³-hybridized carbons (Fsp3) is 0.567. The van der Waals surface area contributed by atoms with Gasteiger partial charge in [0.2, 0.25) is 0 Å². The summed E-state index contributed by atoms with van der Waals surface area (Å²) in [5, 5.41) is 0. The third-order valence-electron chi connectivity index (χ3n) is 7.25. The number of hydrogen-bond donors (Lipinski definition) is 0. The topological polar surface area (TPSA) is 35.5 Å². The number of carbonyl (C=O) groups is 1. The lowest BCUT2D eigenvalue weighted by molar-refractivity contribution is 0.0728. The second-order valence-electron chi connectivity index (χ2n) is 10.2. The minimum Gasteiger partial charge on any atom is -0.493 e. The van der Waals surface area contributed by atoms with Gasteiger partial charge in [-0.15, -0.1) is 0 Å². The fourth-order valence-electron chi connectivity index (χ4n) is 4.97. The molecule has 0 radical (unpaired) electrons. The van der Waals surface area contributed by atoms with Crippen molar-refractivity contribution >= 4 is 5.97 Å². The summed E-state index contributed by atoms with van der Waals surface area (Å²) in [6.07, 6.45) is 16.7. The molecule has 0 atom stereocenters. The Morgan fingerprint density at radius 2 is 1.32 bits per heavy atom. The van der Waals surface area contributed by atoms with E-state index in [0.29, 0.717) is 30.4 Å². The van der Waals surface area contributed by atoms with Crippen molar-refractivity contribution in [2.45, 2.75) is 90.4 Å². The van der Waals surface area contributed by atoms with Crippen molar-refractivity contribution < 1.29 is 31.8 Å². The number of carbonyl (C=O) groups excluding carboxylic acids is 1. The van der Waals surface area contributed by atoms with E-state index in [1.807, 2.05) is 0 Å². The second kappa shape index (κ2) is 15.0. The molecule has 3 nitrogen and oxygen atoms in total. The molecule has 1 aliphatic rings. The molecule has 0 bridgehead atoms. The van der Waals surface area contributed by atoms with E-state index in [0.717, 1.165) is 24.8 Å². The van der Waals surface area contributed by atoms with Crippen LogP contribution in [0.2, 0.25) is 0 Å². The van der Waals surface area contributed by atoms with Gasteiger partial charge in [0.15, 0.2) is 17.5 Å². The molecule has 7 heteroatoms. The Balaban J connectivity index is 1.36. The van der Waals surface area contributed by atoms with Gasteiger partial charge in [-0.2, -0.15) is 0 Å². The molecular weight excluding hydrogens is 484 g/mol. The third kappa shape index (κ3) is 9.35. The van der Waals surface area contributed by atoms with Gasteiger partial charge in [0, 0.05) is 18.2 Å². The number of esters is 1. The van der Waals surface area contributed by atoms with Gasteiger partial charge in [-0.3, -0.25) is 0 Å². The molecule has 0 aliphatic heterocycles. The first-order valence-corrected chi connectivity index (χ1v) is 13.7. The molecule has 0 saturated heterocycles. The standard InChI is InChI=1S/C30H38F4O3/c1-2-3-4-5-6-7-8-9-10-21-11-13-22(14-12-21)20-36-23-15-16-25(26(31)17-23)30(35)37-24-18-27(32)29(34)28(33)19-24/h15-19,21-22H,2-14,20H2,1H3/t21-,22-. The lowest BCUT2D eigenvalue weighted by Gasteiger charge is -2.28. The molecule has 0 amide bonds. The maximum absolute atomic E-state index is 14.5. The van der Waals surface area contributed by atoms with Crippen LogP contribution < -0.4 is 9.47 Å². The predicted octanol–water partition coefficient (Wildman–Crippen LogP) is 9.18. The van der Waals surface area contributed by atoms with Crippen molar-refractivity contribution in [3.8, 4) is 11.5 Å². The van der Waals surface area contributed by atoms with E-state index in [1.165, 1.54) is 82.8 Å². The Kier molecular flexibility index (Phi) is 11.7. The molecule has 0 unspecified atom stereocenters. The quantitative estimate of drug-likeness (QED) is 0.0816. The molecule has 0 aromatic heterocycles. The lowest BCUT2D eigenvalue weighted by atomic mass is 9.80. The van der Waals surface area contributed by atoms with Gasteiger partial charge in [0.25, 0.3) is 0 Å². The smallest absolute Gasteiger partial charge is 0.346 e. The third-order valence-corrected chi connectivity index (χ3v) is 7.25. The number of benzene rings is 2. The van der Waals surface area contributed by atoms with Crippen LogP contribution >= 0.6 is 0 Å². The van der Waals surface area contributed by atoms with E-state index in [2.05, 4.69) is 6.92 Å². The van der Waals surface area contributed by atoms with Crippen LogP contribution in [0.1, 0.15) is 101 Å². The van der Waals surface area contributed by atoms with E-state index in [4.69, 9.17) is 9.47 Å². The summed E-state index contributed by atoms with van der Waals surface area (Å²) in [6, 6.07) is 4.80. The highest BCUT2D eigenvalue weighted by Crippen LogP contribution is 2.33. The van der Waals surface area contributed by atoms with Crippen molar-refractivity contribution in [2.75, 3.05) is 6.61 Å². The van der Waals surface area contributed by atoms with Gasteiger partial charge in [0.05, 0.1) is 12.2 Å². The van der Waals surface area contributed by atoms with E-state index in [-0.39, 0.29) is 0 Å². The van der Waals surface area contributed by atoms with Crippen LogP contribution in [0.3, 0.4) is 0 Å². The first-order chi connectivity index (χ1) is 17.9. The Labute approximate surface area is 217 Å². The molecule has 2 aromatic rings. The van der Waals surface area contributed by atoms with E-state index in [1.54, 1.807) is 0 Å². The SMILES string of the molecule is CCCCCCCCCC[C@H]1CC[C@H](COc2ccc(C(=O)Oc3cc(F)c(F)c(F)c3)c(F)c2)CC1. The molecule has 2 aromatic carbocycles. The lowest BCUT2D eigenvalue weighted by Crippen LogP contribution is -2.20. The Bertz CT molecular complexity index is 979. The molecule has 204 valence electrons. The summed E-state index contributed by atoms with van der Waals surface area (Å²) in [4.78, 5) is 12.2. The maximum Gasteiger partial charge on any atom is 0.346 e. The van der Waals surface area contributed by atoms with Crippen molar-refractivity contribution in [3.05, 3.63) is 59.2 Å². The van der Waals surface area contributed by atoms with Crippen LogP contribution in [0, 0.1) is 35.1 Å². The van der Waals surface area contributed by atoms with Crippen molar-refractivity contribution in [1.82, 2.24) is 0 Å². The van der Waals surface area contributed by atoms with Crippen LogP contribution in [-0.2, 0) is 0 Å². The number of ether oxygens (including phenoxy) is 2. The maximum atomic E-state index is 14.5. The summed E-state index contributed by atoms with van der Waals surface area (Å²) in [6.45, 7) is 2.73. The summed E-state index contributed by atoms with van der Waals surface area (Å²) in [5.41, 5.74) is -0.418. The minimum absolute atomic E-state index is 0.300. The van der Waals surface area contributed by atoms with Crippen molar-refractivity contribution in [2.24, 2.45) is 11.8 Å². The van der Waals surface area contributed by atoms with Gasteiger partial charge < -0.3 is 9.47 Å². The van der Waals surface area contributed by atoms with E-state index < -0.39 is 40.6 Å². The zero-order valence-corrected chi connectivity index (χ0v) is 21.7. The van der Waals surface area contributed by atoms with Crippen LogP contribution in [0.4, 0.5) is 17.6 Å². The zero-order chi connectivity index (χ0) is 26.6. The number of rotatable bonds is 14. The van der Waals surface area contributed by atoms with E-state index in [9.17, 15) is 22.4 Å². The van der Waals surface area contributed by atoms with Crippen LogP contribution in [0.5, 0.6) is 11.5 Å². The van der Waals surface area contributed by atoms with Gasteiger partial charge >= 0.3 is 5.97 Å². The van der Waals surface area contributed by atoms with E-state index >= 15 is 0 Å². The van der Waals surface area contributed by atoms with Gasteiger partial charge in [-0.05, 0) is 36.8 Å². The van der Waals surface area contributed by atoms with Gasteiger partial charge in [0.1, 0.15) is 17.3 Å². The van der Waals surface area contributed by atoms with Gasteiger partial charge in [-0.25, -0.2) is 22.4 Å². The first-order valence-electron chi connectivity index (χ1n) is 13.7. The number of halogens is 4. The number of unbranched alkanes of at least 4 members (excludes halogenated alkanes) is 7. The zero-order valence-electron chi connectivity index (χ0n) is 21.7. The molecule has 1 aliphatic carbocycles. The van der Waals surface area contributed by atoms with Crippen molar-refractivity contribution in [3.63, 3.8) is 0 Å². The molecule has 0 spiro atoms. The summed E-state index contributed by atoms with van der Waals surface area (Å²) >= 11 is 0.